The number of rotatable bonds is 6. The normalized spacial score (nSPS) is 14.8. The Labute approximate surface area is 175 Å². The Morgan fingerprint density at radius 1 is 0.964 bits per heavy atom. The summed E-state index contributed by atoms with van der Waals surface area (Å²) in [4.78, 5) is 16.8. The van der Waals surface area contributed by atoms with Crippen LogP contribution in [-0.2, 0) is 17.8 Å². The molecule has 0 unspecified atom stereocenters. The number of nitrogens with zero attached hydrogens (tertiary/aromatic N) is 2. The molecule has 1 saturated heterocycles. The van der Waals surface area contributed by atoms with E-state index in [0.29, 0.717) is 29.6 Å². The van der Waals surface area contributed by atoms with Gasteiger partial charge in [0.05, 0.1) is 30.7 Å². The van der Waals surface area contributed by atoms with E-state index in [9.17, 15) is 4.79 Å². The highest BCUT2D eigenvalue weighted by Gasteiger charge is 2.22. The molecule has 2 aromatic carbocycles. The number of benzene rings is 2. The number of halogens is 2. The lowest BCUT2D eigenvalue weighted by Gasteiger charge is -2.35. The average Bonchev–Trinajstić information content (AvgIpc) is 2.71. The van der Waals surface area contributed by atoms with Gasteiger partial charge in [0.15, 0.2) is 0 Å². The van der Waals surface area contributed by atoms with Crippen molar-refractivity contribution in [3.05, 3.63) is 57.6 Å². The molecule has 3 rings (SSSR count). The topological polar surface area (TPSA) is 42.0 Å². The molecule has 0 atom stereocenters. The van der Waals surface area contributed by atoms with Crippen LogP contribution in [0.5, 0.6) is 11.5 Å². The van der Waals surface area contributed by atoms with Gasteiger partial charge in [-0.1, -0.05) is 29.3 Å². The van der Waals surface area contributed by atoms with Gasteiger partial charge in [-0.15, -0.1) is 0 Å². The second-order valence-electron chi connectivity index (χ2n) is 6.76. The van der Waals surface area contributed by atoms with Crippen molar-refractivity contribution >= 4 is 29.1 Å². The van der Waals surface area contributed by atoms with Gasteiger partial charge in [-0.05, 0) is 35.9 Å². The summed E-state index contributed by atoms with van der Waals surface area (Å²) in [5.41, 5.74) is 1.96. The lowest BCUT2D eigenvalue weighted by molar-refractivity contribution is -0.132. The zero-order chi connectivity index (χ0) is 20.1. The molecule has 0 spiro atoms. The smallest absolute Gasteiger partial charge is 0.227 e. The van der Waals surface area contributed by atoms with Crippen LogP contribution in [0.1, 0.15) is 11.1 Å². The fourth-order valence-electron chi connectivity index (χ4n) is 3.34. The van der Waals surface area contributed by atoms with Crippen LogP contribution in [-0.4, -0.2) is 56.1 Å². The molecule has 0 aliphatic carbocycles. The molecule has 1 fully saturated rings. The summed E-state index contributed by atoms with van der Waals surface area (Å²) in [6.45, 7) is 3.79. The Balaban J connectivity index is 1.55. The first kappa shape index (κ1) is 20.8. The van der Waals surface area contributed by atoms with Gasteiger partial charge in [-0.25, -0.2) is 0 Å². The highest BCUT2D eigenvalue weighted by Crippen LogP contribution is 2.26. The predicted molar refractivity (Wildman–Crippen MR) is 112 cm³/mol. The number of amides is 1. The van der Waals surface area contributed by atoms with E-state index in [1.807, 2.05) is 29.2 Å². The third kappa shape index (κ3) is 5.10. The van der Waals surface area contributed by atoms with Gasteiger partial charge >= 0.3 is 0 Å². The molecule has 1 aliphatic rings. The highest BCUT2D eigenvalue weighted by atomic mass is 35.5. The SMILES string of the molecule is COc1ccc(OC)c(CN2CCN(C(=O)Cc3ccc(Cl)c(Cl)c3)CC2)c1. The number of carbonyl (C=O) groups is 1. The summed E-state index contributed by atoms with van der Waals surface area (Å²) >= 11 is 12.0. The minimum atomic E-state index is 0.108. The van der Waals surface area contributed by atoms with Crippen LogP contribution in [0.2, 0.25) is 10.0 Å². The van der Waals surface area contributed by atoms with Crippen LogP contribution in [0.25, 0.3) is 0 Å². The summed E-state index contributed by atoms with van der Waals surface area (Å²) in [5.74, 6) is 1.77. The summed E-state index contributed by atoms with van der Waals surface area (Å²) < 4.78 is 10.8. The molecular weight excluding hydrogens is 399 g/mol. The van der Waals surface area contributed by atoms with Crippen molar-refractivity contribution in [2.75, 3.05) is 40.4 Å². The number of hydrogen-bond acceptors (Lipinski definition) is 4. The first-order chi connectivity index (χ1) is 13.5. The summed E-state index contributed by atoms with van der Waals surface area (Å²) in [6.07, 6.45) is 0.334. The minimum absolute atomic E-state index is 0.108. The number of methoxy groups -OCH3 is 2. The zero-order valence-corrected chi connectivity index (χ0v) is 17.6. The Kier molecular flexibility index (Phi) is 7.05. The van der Waals surface area contributed by atoms with E-state index < -0.39 is 0 Å². The van der Waals surface area contributed by atoms with Crippen LogP contribution in [0.3, 0.4) is 0 Å². The molecular formula is C21H24Cl2N2O3. The van der Waals surface area contributed by atoms with E-state index in [1.54, 1.807) is 26.4 Å². The molecule has 0 N–H and O–H groups in total. The Morgan fingerprint density at radius 2 is 1.71 bits per heavy atom. The van der Waals surface area contributed by atoms with Gasteiger partial charge in [-0.2, -0.15) is 0 Å². The van der Waals surface area contributed by atoms with Crippen molar-refractivity contribution in [2.45, 2.75) is 13.0 Å². The molecule has 0 radical (unpaired) electrons. The summed E-state index contributed by atoms with van der Waals surface area (Å²) in [7, 11) is 3.33. The molecule has 0 aromatic heterocycles. The fourth-order valence-corrected chi connectivity index (χ4v) is 3.66. The molecule has 0 bridgehead atoms. The van der Waals surface area contributed by atoms with Crippen LogP contribution in [0.15, 0.2) is 36.4 Å². The van der Waals surface area contributed by atoms with E-state index in [2.05, 4.69) is 4.90 Å². The molecule has 0 saturated carbocycles. The minimum Gasteiger partial charge on any atom is -0.497 e. The summed E-state index contributed by atoms with van der Waals surface area (Å²) in [6, 6.07) is 11.1. The quantitative estimate of drug-likeness (QED) is 0.707. The second-order valence-corrected chi connectivity index (χ2v) is 7.57. The van der Waals surface area contributed by atoms with Gasteiger partial charge < -0.3 is 14.4 Å². The molecule has 150 valence electrons. The van der Waals surface area contributed by atoms with Crippen molar-refractivity contribution in [3.8, 4) is 11.5 Å². The van der Waals surface area contributed by atoms with Gasteiger partial charge in [0, 0.05) is 38.3 Å². The van der Waals surface area contributed by atoms with Crippen molar-refractivity contribution in [1.29, 1.82) is 0 Å². The van der Waals surface area contributed by atoms with Crippen molar-refractivity contribution < 1.29 is 14.3 Å². The van der Waals surface area contributed by atoms with E-state index >= 15 is 0 Å². The molecule has 1 aliphatic heterocycles. The lowest BCUT2D eigenvalue weighted by atomic mass is 10.1. The van der Waals surface area contributed by atoms with E-state index in [-0.39, 0.29) is 5.91 Å². The highest BCUT2D eigenvalue weighted by molar-refractivity contribution is 6.42. The molecule has 5 nitrogen and oxygen atoms in total. The largest absolute Gasteiger partial charge is 0.497 e. The van der Waals surface area contributed by atoms with Crippen molar-refractivity contribution in [2.24, 2.45) is 0 Å². The van der Waals surface area contributed by atoms with Gasteiger partial charge in [0.2, 0.25) is 5.91 Å². The van der Waals surface area contributed by atoms with Gasteiger partial charge in [0.1, 0.15) is 11.5 Å². The average molecular weight is 423 g/mol. The number of hydrogen-bond donors (Lipinski definition) is 0. The lowest BCUT2D eigenvalue weighted by Crippen LogP contribution is -2.48. The molecule has 1 heterocycles. The number of piperazine rings is 1. The Bertz CT molecular complexity index is 836. The first-order valence-corrected chi connectivity index (χ1v) is 9.90. The van der Waals surface area contributed by atoms with E-state index in [4.69, 9.17) is 32.7 Å². The van der Waals surface area contributed by atoms with E-state index in [0.717, 1.165) is 42.3 Å². The number of ether oxygens (including phenoxy) is 2. The fraction of sp³-hybridized carbons (Fsp3) is 0.381. The maximum Gasteiger partial charge on any atom is 0.227 e. The van der Waals surface area contributed by atoms with Crippen LogP contribution in [0, 0.1) is 0 Å². The maximum absolute atomic E-state index is 12.6. The first-order valence-electron chi connectivity index (χ1n) is 9.15. The molecule has 28 heavy (non-hydrogen) atoms. The van der Waals surface area contributed by atoms with Gasteiger partial charge in [0.25, 0.3) is 0 Å². The van der Waals surface area contributed by atoms with Crippen molar-refractivity contribution in [3.63, 3.8) is 0 Å². The van der Waals surface area contributed by atoms with E-state index in [1.165, 1.54) is 0 Å². The third-order valence-corrected chi connectivity index (χ3v) is 5.68. The third-order valence-electron chi connectivity index (χ3n) is 4.95. The maximum atomic E-state index is 12.6. The summed E-state index contributed by atoms with van der Waals surface area (Å²) in [5, 5.41) is 0.975. The monoisotopic (exact) mass is 422 g/mol. The molecule has 2 aromatic rings. The number of carbonyl (C=O) groups excluding carboxylic acids is 1. The zero-order valence-electron chi connectivity index (χ0n) is 16.1. The van der Waals surface area contributed by atoms with Crippen LogP contribution in [0.4, 0.5) is 0 Å². The van der Waals surface area contributed by atoms with Crippen LogP contribution < -0.4 is 9.47 Å². The predicted octanol–water partition coefficient (Wildman–Crippen LogP) is 3.90. The molecule has 1 amide bonds. The van der Waals surface area contributed by atoms with Gasteiger partial charge in [-0.3, -0.25) is 9.69 Å². The second kappa shape index (κ2) is 9.50. The Hall–Kier alpha value is -1.95. The molecule has 7 heteroatoms. The Morgan fingerprint density at radius 3 is 2.36 bits per heavy atom. The van der Waals surface area contributed by atoms with Crippen LogP contribution >= 0.6 is 23.2 Å². The van der Waals surface area contributed by atoms with Crippen molar-refractivity contribution in [1.82, 2.24) is 9.80 Å². The standard InChI is InChI=1S/C21H24Cl2N2O3/c1-27-17-4-6-20(28-2)16(13-17)14-24-7-9-25(10-8-24)21(26)12-15-3-5-18(22)19(23)11-15/h3-6,11,13H,7-10,12,14H2,1-2H3.